The van der Waals surface area contributed by atoms with E-state index in [1.807, 2.05) is 6.07 Å². The van der Waals surface area contributed by atoms with E-state index in [0.717, 1.165) is 30.5 Å². The lowest BCUT2D eigenvalue weighted by Crippen LogP contribution is -2.21. The number of anilines is 1. The number of pyridine rings is 1. The van der Waals surface area contributed by atoms with Gasteiger partial charge in [0.2, 0.25) is 0 Å². The van der Waals surface area contributed by atoms with E-state index < -0.39 is 0 Å². The van der Waals surface area contributed by atoms with E-state index in [4.69, 9.17) is 5.73 Å². The maximum absolute atomic E-state index is 10.0. The topological polar surface area (TPSA) is 59.1 Å². The van der Waals surface area contributed by atoms with Crippen LogP contribution in [-0.2, 0) is 6.42 Å². The average molecular weight is 192 g/mol. The second-order valence-electron chi connectivity index (χ2n) is 3.92. The summed E-state index contributed by atoms with van der Waals surface area (Å²) in [6.07, 6.45) is 2.62. The lowest BCUT2D eigenvalue weighted by molar-refractivity contribution is 0.0904. The van der Waals surface area contributed by atoms with E-state index in [2.05, 4.69) is 11.9 Å². The average Bonchev–Trinajstić information content (AvgIpc) is 2.18. The summed E-state index contributed by atoms with van der Waals surface area (Å²) in [6.45, 7) is 2.11. The van der Waals surface area contributed by atoms with Gasteiger partial charge in [0.05, 0.1) is 6.10 Å². The molecule has 0 saturated carbocycles. The molecule has 0 bridgehead atoms. The van der Waals surface area contributed by atoms with Crippen LogP contribution in [0.1, 0.15) is 37.1 Å². The smallest absolute Gasteiger partial charge is 0.123 e. The largest absolute Gasteiger partial charge is 0.388 e. The van der Waals surface area contributed by atoms with Gasteiger partial charge in [-0.25, -0.2) is 4.98 Å². The lowest BCUT2D eigenvalue weighted by atomic mass is 9.82. The molecule has 0 fully saturated rings. The van der Waals surface area contributed by atoms with Crippen LogP contribution in [0.4, 0.5) is 5.82 Å². The minimum atomic E-state index is -0.350. The molecule has 2 rings (SSSR count). The summed E-state index contributed by atoms with van der Waals surface area (Å²) < 4.78 is 0. The van der Waals surface area contributed by atoms with E-state index in [-0.39, 0.29) is 6.10 Å². The number of aliphatic hydroxyl groups excluding tert-OH is 1. The lowest BCUT2D eigenvalue weighted by Gasteiger charge is -2.28. The van der Waals surface area contributed by atoms with Crippen molar-refractivity contribution in [3.8, 4) is 0 Å². The third-order valence-corrected chi connectivity index (χ3v) is 3.07. The Morgan fingerprint density at radius 1 is 1.57 bits per heavy atom. The quantitative estimate of drug-likeness (QED) is 0.711. The minimum absolute atomic E-state index is 0.350. The van der Waals surface area contributed by atoms with Crippen LogP contribution >= 0.6 is 0 Å². The fourth-order valence-electron chi connectivity index (χ4n) is 2.16. The van der Waals surface area contributed by atoms with E-state index >= 15 is 0 Å². The molecule has 2 unspecified atom stereocenters. The summed E-state index contributed by atoms with van der Waals surface area (Å²) in [6, 6.07) is 3.67. The number of hydrogen-bond donors (Lipinski definition) is 2. The molecule has 1 aliphatic rings. The maximum atomic E-state index is 10.0. The van der Waals surface area contributed by atoms with Crippen molar-refractivity contribution in [1.82, 2.24) is 4.98 Å². The Hall–Kier alpha value is -1.09. The zero-order valence-corrected chi connectivity index (χ0v) is 8.40. The molecule has 1 aromatic heterocycles. The van der Waals surface area contributed by atoms with Crippen LogP contribution in [0, 0.1) is 5.92 Å². The van der Waals surface area contributed by atoms with Crippen molar-refractivity contribution in [2.75, 3.05) is 5.73 Å². The normalized spacial score (nSPS) is 25.9. The summed E-state index contributed by atoms with van der Waals surface area (Å²) in [5.74, 6) is 0.929. The summed E-state index contributed by atoms with van der Waals surface area (Å²) in [5.41, 5.74) is 7.55. The molecular formula is C11H16N2O. The summed E-state index contributed by atoms with van der Waals surface area (Å²) in [7, 11) is 0. The fraction of sp³-hybridized carbons (Fsp3) is 0.545. The predicted molar refractivity (Wildman–Crippen MR) is 55.7 cm³/mol. The van der Waals surface area contributed by atoms with Gasteiger partial charge in [-0.1, -0.05) is 19.4 Å². The Morgan fingerprint density at radius 3 is 3.07 bits per heavy atom. The van der Waals surface area contributed by atoms with Crippen molar-refractivity contribution in [3.05, 3.63) is 23.4 Å². The Kier molecular flexibility index (Phi) is 2.42. The third-order valence-electron chi connectivity index (χ3n) is 3.07. The second kappa shape index (κ2) is 3.58. The molecule has 2 atom stereocenters. The van der Waals surface area contributed by atoms with Crippen molar-refractivity contribution >= 4 is 5.82 Å². The number of hydrogen-bond acceptors (Lipinski definition) is 3. The van der Waals surface area contributed by atoms with Crippen molar-refractivity contribution < 1.29 is 5.11 Å². The van der Waals surface area contributed by atoms with Gasteiger partial charge in [0, 0.05) is 11.3 Å². The number of aryl methyl sites for hydroxylation is 1. The fourth-order valence-corrected chi connectivity index (χ4v) is 2.16. The molecule has 3 heteroatoms. The van der Waals surface area contributed by atoms with Gasteiger partial charge in [-0.05, 0) is 24.8 Å². The number of nitrogens with zero attached hydrogens (tertiary/aromatic N) is 1. The van der Waals surface area contributed by atoms with Crippen LogP contribution in [0.2, 0.25) is 0 Å². The van der Waals surface area contributed by atoms with Crippen molar-refractivity contribution in [1.29, 1.82) is 0 Å². The third kappa shape index (κ3) is 1.48. The molecule has 0 amide bonds. The number of nitrogen functional groups attached to an aromatic ring is 1. The van der Waals surface area contributed by atoms with Gasteiger partial charge >= 0.3 is 0 Å². The monoisotopic (exact) mass is 192 g/mol. The molecule has 0 spiro atoms. The first-order valence-corrected chi connectivity index (χ1v) is 5.15. The van der Waals surface area contributed by atoms with Crippen LogP contribution in [0.5, 0.6) is 0 Å². The highest BCUT2D eigenvalue weighted by Gasteiger charge is 2.27. The van der Waals surface area contributed by atoms with Gasteiger partial charge < -0.3 is 10.8 Å². The molecule has 1 aliphatic carbocycles. The van der Waals surface area contributed by atoms with Gasteiger partial charge in [-0.2, -0.15) is 0 Å². The van der Waals surface area contributed by atoms with Crippen molar-refractivity contribution in [3.63, 3.8) is 0 Å². The first-order valence-electron chi connectivity index (χ1n) is 5.15. The number of aliphatic hydroxyl groups is 1. The number of rotatable bonds is 1. The summed E-state index contributed by atoms with van der Waals surface area (Å²) >= 11 is 0. The van der Waals surface area contributed by atoms with Gasteiger partial charge in [-0.3, -0.25) is 0 Å². The molecule has 0 radical (unpaired) electrons. The molecule has 3 N–H and O–H groups in total. The Balaban J connectivity index is 2.36. The van der Waals surface area contributed by atoms with Gasteiger partial charge in [0.15, 0.2) is 0 Å². The van der Waals surface area contributed by atoms with Gasteiger partial charge in [0.25, 0.3) is 0 Å². The second-order valence-corrected chi connectivity index (χ2v) is 3.92. The molecule has 0 aliphatic heterocycles. The first-order chi connectivity index (χ1) is 6.72. The number of nitrogens with two attached hydrogens (primary N) is 1. The molecule has 3 nitrogen and oxygen atoms in total. The highest BCUT2D eigenvalue weighted by Crippen LogP contribution is 2.35. The molecule has 1 heterocycles. The van der Waals surface area contributed by atoms with Gasteiger partial charge in [0.1, 0.15) is 5.82 Å². The minimum Gasteiger partial charge on any atom is -0.388 e. The zero-order chi connectivity index (χ0) is 10.1. The summed E-state index contributed by atoms with van der Waals surface area (Å²) in [5, 5.41) is 10.0. The van der Waals surface area contributed by atoms with E-state index in [0.29, 0.717) is 11.7 Å². The maximum Gasteiger partial charge on any atom is 0.123 e. The highest BCUT2D eigenvalue weighted by molar-refractivity contribution is 5.36. The van der Waals surface area contributed by atoms with E-state index in [1.165, 1.54) is 0 Å². The van der Waals surface area contributed by atoms with Crippen molar-refractivity contribution in [2.45, 2.75) is 32.3 Å². The SMILES string of the molecule is CCC1CCc2nc(N)ccc2C1O. The molecule has 76 valence electrons. The highest BCUT2D eigenvalue weighted by atomic mass is 16.3. The predicted octanol–water partition coefficient (Wildman–Crippen LogP) is 1.67. The standard InChI is InChI=1S/C11H16N2O/c1-2-7-3-5-9-8(11(7)14)4-6-10(12)13-9/h4,6-7,11,14H,2-3,5H2,1H3,(H2,12,13). The van der Waals surface area contributed by atoms with E-state index in [9.17, 15) is 5.11 Å². The molecule has 1 aromatic rings. The Bertz CT molecular complexity index is 338. The van der Waals surface area contributed by atoms with Crippen molar-refractivity contribution in [2.24, 2.45) is 5.92 Å². The van der Waals surface area contributed by atoms with Crippen LogP contribution in [-0.4, -0.2) is 10.1 Å². The number of fused-ring (bicyclic) bond motifs is 1. The zero-order valence-electron chi connectivity index (χ0n) is 8.40. The molecule has 14 heavy (non-hydrogen) atoms. The van der Waals surface area contributed by atoms with Crippen LogP contribution < -0.4 is 5.73 Å². The Morgan fingerprint density at radius 2 is 2.36 bits per heavy atom. The van der Waals surface area contributed by atoms with Crippen LogP contribution in [0.25, 0.3) is 0 Å². The summed E-state index contributed by atoms with van der Waals surface area (Å²) in [4.78, 5) is 4.25. The van der Waals surface area contributed by atoms with E-state index in [1.54, 1.807) is 6.07 Å². The molecule has 0 aromatic carbocycles. The van der Waals surface area contributed by atoms with Crippen LogP contribution in [0.15, 0.2) is 12.1 Å². The van der Waals surface area contributed by atoms with Crippen LogP contribution in [0.3, 0.4) is 0 Å². The van der Waals surface area contributed by atoms with Gasteiger partial charge in [-0.15, -0.1) is 0 Å². The number of aromatic nitrogens is 1. The molecular weight excluding hydrogens is 176 g/mol. The molecule has 0 saturated heterocycles. The first kappa shape index (κ1) is 9.46. The Labute approximate surface area is 84.0 Å².